The maximum Gasteiger partial charge on any atom is 0.481 e. The lowest BCUT2D eigenvalue weighted by Crippen LogP contribution is -2.66. The van der Waals surface area contributed by atoms with Crippen molar-refractivity contribution < 1.29 is 105 Å². The number of aromatic nitrogens is 4. The Kier molecular flexibility index (Phi) is 20.2. The van der Waals surface area contributed by atoms with Crippen LogP contribution in [0, 0.1) is 55.7 Å². The molecule has 88 heavy (non-hydrogen) atoms. The summed E-state index contributed by atoms with van der Waals surface area (Å²) in [6.45, 7) is 15.7. The van der Waals surface area contributed by atoms with E-state index in [1.165, 1.54) is 13.8 Å². The number of ketones is 1. The topological polar surface area (TPSA) is 444 Å². The fourth-order valence-electron chi connectivity index (χ4n) is 15.4. The molecule has 1 aliphatic heterocycles. The van der Waals surface area contributed by atoms with E-state index in [1.54, 1.807) is 0 Å². The van der Waals surface area contributed by atoms with Crippen molar-refractivity contribution >= 4 is 86.9 Å². The number of phosphoric ester groups is 3. The summed E-state index contributed by atoms with van der Waals surface area (Å²) in [5, 5.41) is 36.2. The van der Waals surface area contributed by atoms with E-state index in [4.69, 9.17) is 33.9 Å². The Morgan fingerprint density at radius 3 is 2.25 bits per heavy atom. The van der Waals surface area contributed by atoms with Gasteiger partial charge in [-0.05, 0) is 97.4 Å². The molecule has 2 amide bonds. The number of thioether (sulfide) groups is 1. The molecule has 33 heteroatoms. The number of hydrogen-bond acceptors (Lipinski definition) is 22. The lowest BCUT2D eigenvalue weighted by molar-refractivity contribution is -0.211. The van der Waals surface area contributed by atoms with Crippen LogP contribution in [0.3, 0.4) is 0 Å². The Morgan fingerprint density at radius 2 is 1.57 bits per heavy atom. The van der Waals surface area contributed by atoms with Crippen LogP contribution < -0.4 is 16.4 Å². The number of esters is 1. The van der Waals surface area contributed by atoms with Crippen molar-refractivity contribution in [3.8, 4) is 0 Å². The fourth-order valence-corrected chi connectivity index (χ4v) is 19.2. The van der Waals surface area contributed by atoms with Gasteiger partial charge in [-0.3, -0.25) is 46.9 Å². The highest BCUT2D eigenvalue weighted by atomic mass is 32.2. The van der Waals surface area contributed by atoms with E-state index in [-0.39, 0.29) is 105 Å². The van der Waals surface area contributed by atoms with E-state index in [0.717, 1.165) is 66.7 Å². The lowest BCUT2D eigenvalue weighted by Gasteiger charge is -2.70. The highest BCUT2D eigenvalue weighted by molar-refractivity contribution is 8.13. The summed E-state index contributed by atoms with van der Waals surface area (Å²) in [5.41, 5.74) is 3.06. The molecule has 1 saturated heterocycles. The van der Waals surface area contributed by atoms with E-state index < -0.39 is 113 Å². The molecule has 11 N–H and O–H groups in total. The lowest BCUT2D eigenvalue weighted by atomic mass is 9.33. The summed E-state index contributed by atoms with van der Waals surface area (Å²) < 4.78 is 69.1. The first kappa shape index (κ1) is 69.8. The Balaban J connectivity index is 0.778. The van der Waals surface area contributed by atoms with E-state index >= 15 is 0 Å². The number of aliphatic hydroxyl groups excluding tert-OH is 2. The van der Waals surface area contributed by atoms with Crippen molar-refractivity contribution in [1.29, 1.82) is 0 Å². The number of nitrogen functional groups attached to an aromatic ring is 1. The summed E-state index contributed by atoms with van der Waals surface area (Å²) in [6.07, 6.45) is 0.782. The second-order valence-electron chi connectivity index (χ2n) is 27.2. The maximum atomic E-state index is 15.0. The van der Waals surface area contributed by atoms with Gasteiger partial charge in [-0.1, -0.05) is 79.6 Å². The Hall–Kier alpha value is -4.09. The third-order valence-corrected chi connectivity index (χ3v) is 24.8. The van der Waals surface area contributed by atoms with Gasteiger partial charge in [0.15, 0.2) is 28.6 Å². The van der Waals surface area contributed by atoms with Crippen LogP contribution in [0.1, 0.15) is 146 Å². The van der Waals surface area contributed by atoms with Gasteiger partial charge in [-0.15, -0.1) is 0 Å². The van der Waals surface area contributed by atoms with Crippen LogP contribution >= 0.6 is 35.2 Å². The number of carboxylic acids is 1. The number of nitrogens with zero attached hydrogens (tertiary/aromatic N) is 4. The minimum Gasteiger partial charge on any atom is -0.481 e. The van der Waals surface area contributed by atoms with Crippen molar-refractivity contribution in [2.75, 3.05) is 37.8 Å². The van der Waals surface area contributed by atoms with Crippen LogP contribution in [0.4, 0.5) is 5.82 Å². The first-order valence-electron chi connectivity index (χ1n) is 29.4. The average Bonchev–Trinajstić information content (AvgIpc) is 0.903. The zero-order chi connectivity index (χ0) is 65.2. The number of carboxylic acid groups (broad SMARTS) is 1. The van der Waals surface area contributed by atoms with Gasteiger partial charge in [-0.25, -0.2) is 28.6 Å². The molecule has 4 saturated carbocycles. The quantitative estimate of drug-likeness (QED) is 0.0356. The van der Waals surface area contributed by atoms with Crippen LogP contribution in [0.25, 0.3) is 11.2 Å². The van der Waals surface area contributed by atoms with Gasteiger partial charge in [0.2, 0.25) is 11.8 Å². The number of allylic oxidation sites excluding steroid dienone is 2. The molecule has 5 fully saturated rings. The molecule has 2 aromatic heterocycles. The van der Waals surface area contributed by atoms with Crippen molar-refractivity contribution in [1.82, 2.24) is 30.2 Å². The number of carbonyl (C=O) groups is 6. The van der Waals surface area contributed by atoms with Gasteiger partial charge in [0.1, 0.15) is 42.4 Å². The van der Waals surface area contributed by atoms with Crippen LogP contribution in [-0.2, 0) is 69.8 Å². The normalized spacial score (nSPS) is 34.5. The highest BCUT2D eigenvalue weighted by Crippen LogP contribution is 2.75. The molecular weight excluding hydrogens is 1240 g/mol. The Labute approximate surface area is 513 Å². The molecule has 0 spiro atoms. The number of fused-ring (bicyclic) bond motifs is 8. The number of rotatable bonds is 24. The first-order valence-corrected chi connectivity index (χ1v) is 34.9. The molecule has 0 aromatic carbocycles. The van der Waals surface area contributed by atoms with Crippen molar-refractivity contribution in [3.63, 3.8) is 0 Å². The second kappa shape index (κ2) is 25.4. The molecule has 8 rings (SSSR count). The molecule has 16 atom stereocenters. The molecule has 3 heterocycles. The SMILES string of the molecule is CC1(C(=O)SCCNC(=O)CCNC(=O)C(O)C(C)(C)COP(=O)(O)OP(=O)(O)OCC2OC(n3cnc4c(N)ncnc43)C(O)C2OP(=O)(O)O)CCC2(C)CCC3(C)C(=CC(=O)C4C5(C)CCC(OC(=O)CCC(=O)O)C(C)(C)C5CCC43C)C2C1. The number of aliphatic hydroxyl groups is 2. The summed E-state index contributed by atoms with van der Waals surface area (Å²) in [6, 6.07) is 0. The maximum absolute atomic E-state index is 15.0. The predicted molar refractivity (Wildman–Crippen MR) is 313 cm³/mol. The third-order valence-electron chi connectivity index (χ3n) is 20.6. The fraction of sp³-hybridized carbons (Fsp3) is 0.764. The van der Waals surface area contributed by atoms with E-state index in [1.807, 2.05) is 13.0 Å². The zero-order valence-electron chi connectivity index (χ0n) is 50.8. The molecule has 0 radical (unpaired) electrons. The average molecular weight is 1320 g/mol. The summed E-state index contributed by atoms with van der Waals surface area (Å²) in [7, 11) is -16.6. The number of nitrogens with two attached hydrogens (primary N) is 1. The van der Waals surface area contributed by atoms with Crippen molar-refractivity contribution in [2.24, 2.45) is 55.7 Å². The van der Waals surface area contributed by atoms with Crippen LogP contribution in [0.15, 0.2) is 24.3 Å². The van der Waals surface area contributed by atoms with Gasteiger partial charge in [-0.2, -0.15) is 4.31 Å². The van der Waals surface area contributed by atoms with Crippen LogP contribution in [-0.4, -0.2) is 152 Å². The number of imidazole rings is 1. The largest absolute Gasteiger partial charge is 0.481 e. The minimum atomic E-state index is -5.63. The first-order chi connectivity index (χ1) is 40.6. The van der Waals surface area contributed by atoms with Gasteiger partial charge in [0.05, 0.1) is 32.4 Å². The molecule has 5 aliphatic carbocycles. The number of carbonyl (C=O) groups excluding carboxylic acids is 5. The molecule has 29 nitrogen and oxygen atoms in total. The summed E-state index contributed by atoms with van der Waals surface area (Å²) >= 11 is 1.14. The Morgan fingerprint density at radius 1 is 0.886 bits per heavy atom. The number of phosphoric acid groups is 3. The van der Waals surface area contributed by atoms with Crippen LogP contribution in [0.2, 0.25) is 0 Å². The zero-order valence-corrected chi connectivity index (χ0v) is 54.3. The molecular formula is C55H84N7O22P3S. The molecule has 492 valence electrons. The second-order valence-corrected chi connectivity index (χ2v) is 32.5. The summed E-state index contributed by atoms with van der Waals surface area (Å²) in [5.74, 6) is -2.91. The molecule has 6 aliphatic rings. The van der Waals surface area contributed by atoms with E-state index in [2.05, 4.69) is 71.4 Å². The van der Waals surface area contributed by atoms with Gasteiger partial charge < -0.3 is 60.7 Å². The molecule has 2 aromatic rings. The number of amides is 2. The standard InChI is InChI=1S/C55H84N7O22P3S/c1-49(2,27-80-87(77,78)84-86(75,76)79-26-33-41(83-85(72,73)74)40(68)47(81-33)62-29-61-39-44(56)59-28-60-45(39)62)43(69)46(70)58-21-14-36(64)57-22-23-88-48(71)52(6)18-17-51(5)19-20-54(8)30(31(51)25-52)24-32(63)42-53(7)15-13-35(82-38(67)11-10-37(65)66)50(3,4)34(53)12-16-55(42,54)9/h24,28-29,31,33-35,40-43,47,68-69H,10-23,25-27H2,1-9H3,(H,57,64)(H,58,70)(H,65,66)(H,75,76)(H,77,78)(H2,56,59,60)(H2,72,73,74). The highest BCUT2D eigenvalue weighted by Gasteiger charge is 2.71. The Bertz CT molecular complexity index is 3240. The number of nitrogens with one attached hydrogen (secondary N) is 2. The van der Waals surface area contributed by atoms with Crippen molar-refractivity contribution in [3.05, 3.63) is 24.3 Å². The third kappa shape index (κ3) is 14.1. The number of hydrogen-bond donors (Lipinski definition) is 10. The van der Waals surface area contributed by atoms with E-state index in [0.29, 0.717) is 25.7 Å². The van der Waals surface area contributed by atoms with Crippen molar-refractivity contribution in [2.45, 2.75) is 176 Å². The predicted octanol–water partition coefficient (Wildman–Crippen LogP) is 5.42. The smallest absolute Gasteiger partial charge is 0.481 e. The monoisotopic (exact) mass is 1320 g/mol. The van der Waals surface area contributed by atoms with Crippen LogP contribution in [0.5, 0.6) is 0 Å². The van der Waals surface area contributed by atoms with Gasteiger partial charge in [0.25, 0.3) is 0 Å². The molecule has 16 unspecified atom stereocenters. The number of anilines is 1. The number of ether oxygens (including phenoxy) is 2. The van der Waals surface area contributed by atoms with Gasteiger partial charge in [0, 0.05) is 47.4 Å². The number of aliphatic carboxylic acids is 1. The minimum absolute atomic E-state index is 0.00416. The summed E-state index contributed by atoms with van der Waals surface area (Å²) in [4.78, 5) is 131. The van der Waals surface area contributed by atoms with E-state index in [9.17, 15) is 72.2 Å². The van der Waals surface area contributed by atoms with Gasteiger partial charge >= 0.3 is 35.4 Å². The molecule has 0 bridgehead atoms.